The number of aromatic carboxylic acids is 1. The van der Waals surface area contributed by atoms with Crippen molar-refractivity contribution in [2.45, 2.75) is 0 Å². The molecule has 2 aromatic rings. The summed E-state index contributed by atoms with van der Waals surface area (Å²) in [5.74, 6) is -1.02. The quantitative estimate of drug-likeness (QED) is 0.762. The van der Waals surface area contributed by atoms with E-state index in [0.717, 1.165) is 0 Å². The number of carbonyl (C=O) groups excluding carboxylic acids is 1. The van der Waals surface area contributed by atoms with Crippen LogP contribution in [0.4, 0.5) is 16.4 Å². The maximum atomic E-state index is 11.6. The van der Waals surface area contributed by atoms with E-state index in [1.807, 2.05) is 0 Å². The van der Waals surface area contributed by atoms with Gasteiger partial charge in [-0.25, -0.2) is 14.6 Å². The second-order valence-corrected chi connectivity index (χ2v) is 3.43. The average molecular weight is 259 g/mol. The van der Waals surface area contributed by atoms with Crippen LogP contribution in [0.25, 0.3) is 0 Å². The zero-order valence-corrected chi connectivity index (χ0v) is 9.57. The van der Waals surface area contributed by atoms with Crippen molar-refractivity contribution < 1.29 is 14.7 Å². The average Bonchev–Trinajstić information content (AvgIpc) is 2.40. The molecule has 0 bridgehead atoms. The van der Waals surface area contributed by atoms with Gasteiger partial charge in [0.25, 0.3) is 5.95 Å². The van der Waals surface area contributed by atoms with Crippen LogP contribution in [0.3, 0.4) is 0 Å². The lowest BCUT2D eigenvalue weighted by atomic mass is 10.2. The molecule has 96 valence electrons. The van der Waals surface area contributed by atoms with Gasteiger partial charge in [0, 0.05) is 5.69 Å². The van der Waals surface area contributed by atoms with E-state index < -0.39 is 12.0 Å². The molecule has 1 aromatic carbocycles. The molecule has 0 aliphatic rings. The fourth-order valence-corrected chi connectivity index (χ4v) is 1.30. The van der Waals surface area contributed by atoms with Crippen LogP contribution in [0, 0.1) is 0 Å². The summed E-state index contributed by atoms with van der Waals surface area (Å²) in [6, 6.07) is 5.27. The second kappa shape index (κ2) is 5.54. The number of nitrogens with zero attached hydrogens (tertiary/aromatic N) is 3. The van der Waals surface area contributed by atoms with Crippen molar-refractivity contribution in [3.63, 3.8) is 0 Å². The molecule has 8 heteroatoms. The standard InChI is InChI=1S/C11H9N5O3/c17-9(18)7-2-1-3-8(6-7)14-11(19)15-10-12-4-5-13-16-10/h1-6H,(H,17,18)(H2,12,14,15,16,19). The molecule has 0 fully saturated rings. The first-order valence-corrected chi connectivity index (χ1v) is 5.20. The predicted molar refractivity (Wildman–Crippen MR) is 65.9 cm³/mol. The van der Waals surface area contributed by atoms with Crippen LogP contribution in [-0.2, 0) is 0 Å². The summed E-state index contributed by atoms with van der Waals surface area (Å²) in [6.45, 7) is 0. The lowest BCUT2D eigenvalue weighted by Crippen LogP contribution is -2.21. The molecule has 2 amide bonds. The van der Waals surface area contributed by atoms with Gasteiger partial charge in [0.05, 0.1) is 18.0 Å². The minimum Gasteiger partial charge on any atom is -0.478 e. The lowest BCUT2D eigenvalue weighted by Gasteiger charge is -2.06. The Hall–Kier alpha value is -3.03. The third-order valence-corrected chi connectivity index (χ3v) is 2.08. The van der Waals surface area contributed by atoms with E-state index in [1.165, 1.54) is 30.6 Å². The molecular weight excluding hydrogens is 250 g/mol. The van der Waals surface area contributed by atoms with Gasteiger partial charge in [0.1, 0.15) is 0 Å². The highest BCUT2D eigenvalue weighted by atomic mass is 16.4. The minimum atomic E-state index is -1.07. The maximum absolute atomic E-state index is 11.6. The molecule has 1 aromatic heterocycles. The number of carbonyl (C=O) groups is 2. The number of rotatable bonds is 3. The summed E-state index contributed by atoms with van der Waals surface area (Å²) in [5, 5.41) is 20.8. The molecule has 8 nitrogen and oxygen atoms in total. The zero-order chi connectivity index (χ0) is 13.7. The van der Waals surface area contributed by atoms with Crippen LogP contribution in [0.1, 0.15) is 10.4 Å². The summed E-state index contributed by atoms with van der Waals surface area (Å²) in [6.07, 6.45) is 2.76. The molecule has 1 heterocycles. The van der Waals surface area contributed by atoms with E-state index in [-0.39, 0.29) is 11.5 Å². The Morgan fingerprint density at radius 1 is 1.16 bits per heavy atom. The fourth-order valence-electron chi connectivity index (χ4n) is 1.30. The second-order valence-electron chi connectivity index (χ2n) is 3.43. The van der Waals surface area contributed by atoms with Crippen LogP contribution in [-0.4, -0.2) is 32.3 Å². The van der Waals surface area contributed by atoms with Crippen molar-refractivity contribution in [3.8, 4) is 0 Å². The Morgan fingerprint density at radius 2 is 2.00 bits per heavy atom. The van der Waals surface area contributed by atoms with Crippen molar-refractivity contribution in [2.24, 2.45) is 0 Å². The van der Waals surface area contributed by atoms with E-state index in [4.69, 9.17) is 5.11 Å². The number of nitrogens with one attached hydrogen (secondary N) is 2. The Morgan fingerprint density at radius 3 is 2.68 bits per heavy atom. The van der Waals surface area contributed by atoms with E-state index in [0.29, 0.717) is 5.69 Å². The van der Waals surface area contributed by atoms with Crippen molar-refractivity contribution in [3.05, 3.63) is 42.2 Å². The first-order valence-electron chi connectivity index (χ1n) is 5.20. The SMILES string of the molecule is O=C(Nc1cccc(C(=O)O)c1)Nc1nccnn1. The molecule has 0 saturated carbocycles. The van der Waals surface area contributed by atoms with E-state index >= 15 is 0 Å². The molecule has 0 radical (unpaired) electrons. The smallest absolute Gasteiger partial charge is 0.335 e. The van der Waals surface area contributed by atoms with Crippen LogP contribution in [0.5, 0.6) is 0 Å². The van der Waals surface area contributed by atoms with E-state index in [2.05, 4.69) is 25.8 Å². The molecule has 0 spiro atoms. The number of hydrogen-bond donors (Lipinski definition) is 3. The fraction of sp³-hybridized carbons (Fsp3) is 0. The van der Waals surface area contributed by atoms with Crippen molar-refractivity contribution in [2.75, 3.05) is 10.6 Å². The lowest BCUT2D eigenvalue weighted by molar-refractivity contribution is 0.0697. The zero-order valence-electron chi connectivity index (χ0n) is 9.57. The number of anilines is 2. The van der Waals surface area contributed by atoms with Crippen LogP contribution in [0.2, 0.25) is 0 Å². The molecular formula is C11H9N5O3. The number of amides is 2. The summed E-state index contributed by atoms with van der Waals surface area (Å²) < 4.78 is 0. The summed E-state index contributed by atoms with van der Waals surface area (Å²) in [4.78, 5) is 26.1. The number of carboxylic acids is 1. The molecule has 3 N–H and O–H groups in total. The highest BCUT2D eigenvalue weighted by Gasteiger charge is 2.07. The van der Waals surface area contributed by atoms with Gasteiger partial charge < -0.3 is 10.4 Å². The first-order chi connectivity index (χ1) is 9.15. The van der Waals surface area contributed by atoms with E-state index in [1.54, 1.807) is 6.07 Å². The normalized spacial score (nSPS) is 9.68. The van der Waals surface area contributed by atoms with Crippen LogP contribution in [0.15, 0.2) is 36.7 Å². The Kier molecular flexibility index (Phi) is 3.62. The number of benzene rings is 1. The largest absolute Gasteiger partial charge is 0.478 e. The number of urea groups is 1. The van der Waals surface area contributed by atoms with Gasteiger partial charge in [0.2, 0.25) is 0 Å². The molecule has 0 aliphatic carbocycles. The van der Waals surface area contributed by atoms with Crippen molar-refractivity contribution in [1.29, 1.82) is 0 Å². The number of carboxylic acid groups (broad SMARTS) is 1. The van der Waals surface area contributed by atoms with Gasteiger partial charge in [-0.2, -0.15) is 5.10 Å². The summed E-state index contributed by atoms with van der Waals surface area (Å²) in [7, 11) is 0. The third kappa shape index (κ3) is 3.46. The highest BCUT2D eigenvalue weighted by Crippen LogP contribution is 2.10. The minimum absolute atomic E-state index is 0.0504. The van der Waals surface area contributed by atoms with Gasteiger partial charge in [-0.05, 0) is 18.2 Å². The topological polar surface area (TPSA) is 117 Å². The Balaban J connectivity index is 2.03. The monoisotopic (exact) mass is 259 g/mol. The van der Waals surface area contributed by atoms with Gasteiger partial charge in [-0.3, -0.25) is 5.32 Å². The van der Waals surface area contributed by atoms with Gasteiger partial charge >= 0.3 is 12.0 Å². The van der Waals surface area contributed by atoms with Gasteiger partial charge in [-0.15, -0.1) is 5.10 Å². The molecule has 0 saturated heterocycles. The highest BCUT2D eigenvalue weighted by molar-refractivity contribution is 5.99. The number of aromatic nitrogens is 3. The molecule has 0 unspecified atom stereocenters. The molecule has 0 aliphatic heterocycles. The molecule has 2 rings (SSSR count). The summed E-state index contributed by atoms with van der Waals surface area (Å²) in [5.41, 5.74) is 0.428. The third-order valence-electron chi connectivity index (χ3n) is 2.08. The Bertz CT molecular complexity index is 602. The van der Waals surface area contributed by atoms with Crippen molar-refractivity contribution >= 4 is 23.6 Å². The van der Waals surface area contributed by atoms with Crippen LogP contribution >= 0.6 is 0 Å². The Labute approximate surface area is 107 Å². The van der Waals surface area contributed by atoms with E-state index in [9.17, 15) is 9.59 Å². The van der Waals surface area contributed by atoms with Gasteiger partial charge in [0.15, 0.2) is 0 Å². The maximum Gasteiger partial charge on any atom is 0.335 e. The molecule has 0 atom stereocenters. The summed E-state index contributed by atoms with van der Waals surface area (Å²) >= 11 is 0. The van der Waals surface area contributed by atoms with Crippen LogP contribution < -0.4 is 10.6 Å². The van der Waals surface area contributed by atoms with Crippen molar-refractivity contribution in [1.82, 2.24) is 15.2 Å². The molecule has 19 heavy (non-hydrogen) atoms. The number of hydrogen-bond acceptors (Lipinski definition) is 5. The predicted octanol–water partition coefficient (Wildman–Crippen LogP) is 1.21. The van der Waals surface area contributed by atoms with Gasteiger partial charge in [-0.1, -0.05) is 6.07 Å². The first kappa shape index (κ1) is 12.4.